The Bertz CT molecular complexity index is 538. The second kappa shape index (κ2) is 6.36. The van der Waals surface area contributed by atoms with Crippen molar-refractivity contribution in [3.05, 3.63) is 66.2 Å². The van der Waals surface area contributed by atoms with Crippen LogP contribution >= 0.6 is 0 Å². The molecule has 2 nitrogen and oxygen atoms in total. The first-order chi connectivity index (χ1) is 8.88. The summed E-state index contributed by atoms with van der Waals surface area (Å²) in [6.07, 6.45) is 2.43. The Hall–Kier alpha value is -2.40. The molecule has 1 unspecified atom stereocenters. The number of hydrogen-bond donors (Lipinski definition) is 0. The van der Waals surface area contributed by atoms with Crippen molar-refractivity contribution >= 4 is 11.9 Å². The fourth-order valence-electron chi connectivity index (χ4n) is 1.69. The largest absolute Gasteiger partial charge is 0.260 e. The minimum absolute atomic E-state index is 0.187. The summed E-state index contributed by atoms with van der Waals surface area (Å²) in [4.78, 5) is 4.33. The van der Waals surface area contributed by atoms with Gasteiger partial charge in [-0.15, -0.1) is 0 Å². The van der Waals surface area contributed by atoms with Gasteiger partial charge >= 0.3 is 0 Å². The fourth-order valence-corrected chi connectivity index (χ4v) is 1.69. The molecule has 2 rings (SSSR count). The van der Waals surface area contributed by atoms with Crippen molar-refractivity contribution in [1.82, 2.24) is 0 Å². The fraction of sp³-hybridized carbons (Fsp3) is 0.125. The van der Waals surface area contributed by atoms with Crippen molar-refractivity contribution in [2.45, 2.75) is 6.42 Å². The van der Waals surface area contributed by atoms with Crippen LogP contribution in [0.3, 0.4) is 0 Å². The molecule has 0 N–H and O–H groups in total. The molecule has 2 aromatic rings. The summed E-state index contributed by atoms with van der Waals surface area (Å²) in [6.45, 7) is 0. The molecule has 0 saturated heterocycles. The van der Waals surface area contributed by atoms with Crippen LogP contribution in [0.2, 0.25) is 0 Å². The number of benzene rings is 2. The lowest BCUT2D eigenvalue weighted by atomic mass is 10.0. The Morgan fingerprint density at radius 3 is 2.22 bits per heavy atom. The molecule has 0 radical (unpaired) electrons. The molecule has 0 saturated carbocycles. The number of nitriles is 1. The van der Waals surface area contributed by atoms with Gasteiger partial charge in [-0.05, 0) is 24.1 Å². The van der Waals surface area contributed by atoms with E-state index in [-0.39, 0.29) is 5.92 Å². The van der Waals surface area contributed by atoms with Crippen LogP contribution in [0.4, 0.5) is 5.69 Å². The molecule has 2 aromatic carbocycles. The Kier molecular flexibility index (Phi) is 4.27. The van der Waals surface area contributed by atoms with Crippen molar-refractivity contribution in [2.75, 3.05) is 0 Å². The van der Waals surface area contributed by atoms with Crippen LogP contribution in [0.1, 0.15) is 5.56 Å². The molecule has 0 aliphatic rings. The van der Waals surface area contributed by atoms with E-state index in [1.165, 1.54) is 0 Å². The number of hydrogen-bond acceptors (Lipinski definition) is 2. The molecular weight excluding hydrogens is 220 g/mol. The third-order valence-corrected chi connectivity index (χ3v) is 2.62. The van der Waals surface area contributed by atoms with Gasteiger partial charge in [0.05, 0.1) is 17.7 Å². The molecule has 0 spiro atoms. The normalized spacial score (nSPS) is 12.2. The van der Waals surface area contributed by atoms with E-state index in [9.17, 15) is 0 Å². The molecule has 0 aliphatic carbocycles. The van der Waals surface area contributed by atoms with Crippen molar-refractivity contribution in [3.8, 4) is 6.07 Å². The third kappa shape index (κ3) is 3.57. The molecule has 0 aliphatic heterocycles. The molecule has 0 bridgehead atoms. The predicted molar refractivity (Wildman–Crippen MR) is 73.8 cm³/mol. The smallest absolute Gasteiger partial charge is 0.0855 e. The minimum atomic E-state index is -0.187. The van der Waals surface area contributed by atoms with Gasteiger partial charge in [0.15, 0.2) is 0 Å². The van der Waals surface area contributed by atoms with Crippen molar-refractivity contribution in [1.29, 1.82) is 5.26 Å². The van der Waals surface area contributed by atoms with Crippen molar-refractivity contribution < 1.29 is 0 Å². The lowest BCUT2D eigenvalue weighted by molar-refractivity contribution is 0.880. The van der Waals surface area contributed by atoms with Crippen LogP contribution in [-0.4, -0.2) is 6.21 Å². The lowest BCUT2D eigenvalue weighted by Crippen LogP contribution is -2.02. The van der Waals surface area contributed by atoms with E-state index in [2.05, 4.69) is 11.1 Å². The van der Waals surface area contributed by atoms with Gasteiger partial charge in [0.25, 0.3) is 0 Å². The molecule has 88 valence electrons. The summed E-state index contributed by atoms with van der Waals surface area (Å²) in [6, 6.07) is 21.9. The molecule has 0 fully saturated rings. The van der Waals surface area contributed by atoms with Gasteiger partial charge in [-0.2, -0.15) is 5.26 Å². The maximum absolute atomic E-state index is 9.12. The molecule has 2 heteroatoms. The second-order valence-electron chi connectivity index (χ2n) is 4.04. The van der Waals surface area contributed by atoms with Crippen LogP contribution in [0.25, 0.3) is 0 Å². The van der Waals surface area contributed by atoms with Crippen LogP contribution in [-0.2, 0) is 6.42 Å². The van der Waals surface area contributed by atoms with Gasteiger partial charge in [-0.1, -0.05) is 48.5 Å². The summed E-state index contributed by atoms with van der Waals surface area (Å²) >= 11 is 0. The maximum atomic E-state index is 9.12. The van der Waals surface area contributed by atoms with Crippen molar-refractivity contribution in [3.63, 3.8) is 0 Å². The van der Waals surface area contributed by atoms with Gasteiger partial charge in [0, 0.05) is 6.21 Å². The number of rotatable bonds is 4. The van der Waals surface area contributed by atoms with E-state index in [0.29, 0.717) is 6.42 Å². The van der Waals surface area contributed by atoms with E-state index in [0.717, 1.165) is 11.3 Å². The summed E-state index contributed by atoms with van der Waals surface area (Å²) < 4.78 is 0. The van der Waals surface area contributed by atoms with Gasteiger partial charge < -0.3 is 0 Å². The molecule has 0 heterocycles. The maximum Gasteiger partial charge on any atom is 0.0855 e. The lowest BCUT2D eigenvalue weighted by Gasteiger charge is -2.03. The highest BCUT2D eigenvalue weighted by Crippen LogP contribution is 2.11. The highest BCUT2D eigenvalue weighted by Gasteiger charge is 2.04. The Morgan fingerprint density at radius 2 is 1.61 bits per heavy atom. The first-order valence-electron chi connectivity index (χ1n) is 5.91. The predicted octanol–water partition coefficient (Wildman–Crippen LogP) is 3.77. The van der Waals surface area contributed by atoms with Gasteiger partial charge in [0.1, 0.15) is 0 Å². The van der Waals surface area contributed by atoms with E-state index in [1.807, 2.05) is 60.7 Å². The van der Waals surface area contributed by atoms with E-state index < -0.39 is 0 Å². The van der Waals surface area contributed by atoms with Gasteiger partial charge in [-0.3, -0.25) is 4.99 Å². The first-order valence-corrected chi connectivity index (χ1v) is 5.91. The van der Waals surface area contributed by atoms with E-state index in [1.54, 1.807) is 6.21 Å². The standard InChI is InChI=1S/C16H14N2/c17-12-15(11-14-7-3-1-4-8-14)13-18-16-9-5-2-6-10-16/h1-10,13,15H,11H2. The zero-order valence-electron chi connectivity index (χ0n) is 10.0. The highest BCUT2D eigenvalue weighted by atomic mass is 14.7. The molecule has 1 atom stereocenters. The van der Waals surface area contributed by atoms with Gasteiger partial charge in [-0.25, -0.2) is 0 Å². The summed E-state index contributed by atoms with van der Waals surface area (Å²) in [5, 5.41) is 9.12. The minimum Gasteiger partial charge on any atom is -0.260 e. The summed E-state index contributed by atoms with van der Waals surface area (Å²) in [5.41, 5.74) is 2.04. The average Bonchev–Trinajstić information content (AvgIpc) is 2.45. The molecule has 18 heavy (non-hydrogen) atoms. The zero-order chi connectivity index (χ0) is 12.6. The number of para-hydroxylation sites is 1. The molecule has 0 aromatic heterocycles. The number of aliphatic imine (C=N–C) groups is 1. The first kappa shape index (κ1) is 12.1. The third-order valence-electron chi connectivity index (χ3n) is 2.62. The van der Waals surface area contributed by atoms with Crippen molar-refractivity contribution in [2.24, 2.45) is 10.9 Å². The summed E-state index contributed by atoms with van der Waals surface area (Å²) in [5.74, 6) is -0.187. The average molecular weight is 234 g/mol. The van der Waals surface area contributed by atoms with Crippen LogP contribution in [0, 0.1) is 17.2 Å². The topological polar surface area (TPSA) is 36.1 Å². The second-order valence-corrected chi connectivity index (χ2v) is 4.04. The number of nitrogens with zero attached hydrogens (tertiary/aromatic N) is 2. The van der Waals surface area contributed by atoms with Crippen LogP contribution < -0.4 is 0 Å². The van der Waals surface area contributed by atoms with E-state index >= 15 is 0 Å². The molecule has 0 amide bonds. The SMILES string of the molecule is N#CC(C=Nc1ccccc1)Cc1ccccc1. The van der Waals surface area contributed by atoms with Crippen LogP contribution in [0.15, 0.2) is 65.7 Å². The molecular formula is C16H14N2. The highest BCUT2D eigenvalue weighted by molar-refractivity contribution is 5.68. The Morgan fingerprint density at radius 1 is 1.00 bits per heavy atom. The Labute approximate surface area is 107 Å². The zero-order valence-corrected chi connectivity index (χ0v) is 10.0. The monoisotopic (exact) mass is 234 g/mol. The Balaban J connectivity index is 2.03. The summed E-state index contributed by atoms with van der Waals surface area (Å²) in [7, 11) is 0. The quantitative estimate of drug-likeness (QED) is 0.742. The van der Waals surface area contributed by atoms with Crippen LogP contribution in [0.5, 0.6) is 0 Å². The van der Waals surface area contributed by atoms with E-state index in [4.69, 9.17) is 5.26 Å². The van der Waals surface area contributed by atoms with Gasteiger partial charge in [0.2, 0.25) is 0 Å².